The maximum absolute atomic E-state index is 11.6. The number of halogens is 1. The summed E-state index contributed by atoms with van der Waals surface area (Å²) < 4.78 is 5.25. The molecule has 0 aromatic heterocycles. The third kappa shape index (κ3) is 1.12. The molecule has 2 atom stereocenters. The molecule has 0 spiro atoms. The van der Waals surface area contributed by atoms with Crippen molar-refractivity contribution in [3.05, 3.63) is 22.9 Å². The third-order valence-electron chi connectivity index (χ3n) is 2.95. The summed E-state index contributed by atoms with van der Waals surface area (Å²) >= 11 is 5.78. The smallest absolute Gasteiger partial charge is 0.184 e. The van der Waals surface area contributed by atoms with E-state index in [1.165, 1.54) is 7.11 Å². The summed E-state index contributed by atoms with van der Waals surface area (Å²) in [5.74, 6) is -0.560. The van der Waals surface area contributed by atoms with Gasteiger partial charge in [-0.05, 0) is 18.9 Å². The molecule has 0 amide bonds. The maximum Gasteiger partial charge on any atom is 0.184 e. The summed E-state index contributed by atoms with van der Waals surface area (Å²) in [7, 11) is 1.50. The fourth-order valence-electron chi connectivity index (χ4n) is 1.97. The van der Waals surface area contributed by atoms with Crippen LogP contribution in [0, 0.1) is 5.92 Å². The molecule has 0 fully saturated rings. The predicted octanol–water partition coefficient (Wildman–Crippen LogP) is 1.93. The number of rotatable bonds is 1. The van der Waals surface area contributed by atoms with Crippen LogP contribution in [-0.2, 0) is 9.53 Å². The highest BCUT2D eigenvalue weighted by atomic mass is 35.5. The quantitative estimate of drug-likeness (QED) is 0.679. The van der Waals surface area contributed by atoms with Gasteiger partial charge in [0.2, 0.25) is 0 Å². The lowest BCUT2D eigenvalue weighted by molar-refractivity contribution is -0.117. The van der Waals surface area contributed by atoms with E-state index in [9.17, 15) is 9.90 Å². The van der Waals surface area contributed by atoms with Crippen molar-refractivity contribution in [1.29, 1.82) is 0 Å². The molecule has 0 saturated heterocycles. The van der Waals surface area contributed by atoms with Crippen molar-refractivity contribution in [2.45, 2.75) is 18.4 Å². The molecular weight excluding hydrogens is 204 g/mol. The fraction of sp³-hybridized carbons (Fsp3) is 0.500. The van der Waals surface area contributed by atoms with Gasteiger partial charge in [-0.25, -0.2) is 0 Å². The molecule has 14 heavy (non-hydrogen) atoms. The van der Waals surface area contributed by atoms with Crippen LogP contribution in [0.25, 0.3) is 0 Å². The minimum absolute atomic E-state index is 0.0839. The molecular formula is C10H11ClO3. The molecule has 2 bridgehead atoms. The highest BCUT2D eigenvalue weighted by Gasteiger charge is 2.43. The number of hydrogen-bond acceptors (Lipinski definition) is 3. The SMILES string of the molecule is COC12C=CC(CC1)C(=O)C(Cl)=C2O. The van der Waals surface area contributed by atoms with E-state index in [-0.39, 0.29) is 22.5 Å². The van der Waals surface area contributed by atoms with E-state index < -0.39 is 5.60 Å². The normalized spacial score (nSPS) is 36.4. The summed E-state index contributed by atoms with van der Waals surface area (Å²) in [6.45, 7) is 0. The molecule has 2 unspecified atom stereocenters. The number of Topliss-reactive ketones (excluding diaryl/α,β-unsaturated/α-hetero) is 1. The van der Waals surface area contributed by atoms with Crippen LogP contribution in [0.5, 0.6) is 0 Å². The number of hydrogen-bond donors (Lipinski definition) is 1. The van der Waals surface area contributed by atoms with E-state index >= 15 is 0 Å². The number of carbonyl (C=O) groups is 1. The Bertz CT molecular complexity index is 345. The number of ether oxygens (including phenoxy) is 1. The van der Waals surface area contributed by atoms with Crippen molar-refractivity contribution in [1.82, 2.24) is 0 Å². The minimum atomic E-state index is -0.875. The van der Waals surface area contributed by atoms with E-state index in [0.717, 1.165) is 0 Å². The molecule has 3 aliphatic rings. The lowest BCUT2D eigenvalue weighted by Crippen LogP contribution is -2.33. The Morgan fingerprint density at radius 3 is 2.93 bits per heavy atom. The second kappa shape index (κ2) is 3.11. The van der Waals surface area contributed by atoms with Gasteiger partial charge in [-0.2, -0.15) is 0 Å². The Kier molecular flexibility index (Phi) is 2.16. The van der Waals surface area contributed by atoms with Crippen molar-refractivity contribution < 1.29 is 14.6 Å². The van der Waals surface area contributed by atoms with E-state index in [2.05, 4.69) is 0 Å². The van der Waals surface area contributed by atoms with Gasteiger partial charge in [0.25, 0.3) is 0 Å². The standard InChI is InChI=1S/C10H11ClO3/c1-14-10-4-2-6(3-5-10)8(12)7(11)9(10)13/h2,4,6,13H,3,5H2,1H3. The van der Waals surface area contributed by atoms with Gasteiger partial charge >= 0.3 is 0 Å². The number of aliphatic hydroxyl groups is 1. The lowest BCUT2D eigenvalue weighted by atomic mass is 9.86. The van der Waals surface area contributed by atoms with Crippen LogP contribution < -0.4 is 0 Å². The van der Waals surface area contributed by atoms with Crippen LogP contribution in [0.1, 0.15) is 12.8 Å². The molecule has 0 heterocycles. The molecule has 4 heteroatoms. The topological polar surface area (TPSA) is 46.5 Å². The van der Waals surface area contributed by atoms with Crippen LogP contribution in [0.3, 0.4) is 0 Å². The number of allylic oxidation sites excluding steroid dienone is 2. The first-order chi connectivity index (χ1) is 6.60. The minimum Gasteiger partial charge on any atom is -0.507 e. The van der Waals surface area contributed by atoms with Gasteiger partial charge < -0.3 is 9.84 Å². The summed E-state index contributed by atoms with van der Waals surface area (Å²) in [6, 6.07) is 0. The zero-order chi connectivity index (χ0) is 10.3. The highest BCUT2D eigenvalue weighted by molar-refractivity contribution is 6.43. The average molecular weight is 215 g/mol. The number of carbonyl (C=O) groups excluding carboxylic acids is 1. The highest BCUT2D eigenvalue weighted by Crippen LogP contribution is 2.41. The average Bonchev–Trinajstić information content (AvgIpc) is 2.38. The van der Waals surface area contributed by atoms with Gasteiger partial charge in [0, 0.05) is 13.0 Å². The molecule has 0 radical (unpaired) electrons. The number of fused-ring (bicyclic) bond motifs is 2. The van der Waals surface area contributed by atoms with Crippen molar-refractivity contribution in [2.24, 2.45) is 5.92 Å². The summed E-state index contributed by atoms with van der Waals surface area (Å²) in [4.78, 5) is 11.6. The van der Waals surface area contributed by atoms with Gasteiger partial charge in [0.05, 0.1) is 0 Å². The van der Waals surface area contributed by atoms with Gasteiger partial charge in [-0.1, -0.05) is 17.7 Å². The molecule has 3 aliphatic carbocycles. The van der Waals surface area contributed by atoms with E-state index in [0.29, 0.717) is 12.8 Å². The van der Waals surface area contributed by atoms with Crippen LogP contribution in [0.15, 0.2) is 22.9 Å². The molecule has 0 aliphatic heterocycles. The van der Waals surface area contributed by atoms with Crippen LogP contribution in [0.4, 0.5) is 0 Å². The molecule has 76 valence electrons. The molecule has 0 saturated carbocycles. The van der Waals surface area contributed by atoms with Gasteiger partial charge in [-0.15, -0.1) is 0 Å². The Hall–Kier alpha value is -0.800. The van der Waals surface area contributed by atoms with Crippen LogP contribution >= 0.6 is 11.6 Å². The lowest BCUT2D eigenvalue weighted by Gasteiger charge is -2.30. The molecule has 0 aromatic carbocycles. The number of ketones is 1. The van der Waals surface area contributed by atoms with Crippen molar-refractivity contribution in [3.63, 3.8) is 0 Å². The maximum atomic E-state index is 11.6. The molecule has 3 nitrogen and oxygen atoms in total. The second-order valence-corrected chi connectivity index (χ2v) is 4.00. The first kappa shape index (κ1) is 9.74. The summed E-state index contributed by atoms with van der Waals surface area (Å²) in [5, 5.41) is 9.73. The Balaban J connectivity index is 2.58. The third-order valence-corrected chi connectivity index (χ3v) is 3.32. The van der Waals surface area contributed by atoms with Gasteiger partial charge in [0.15, 0.2) is 11.5 Å². The predicted molar refractivity (Wildman–Crippen MR) is 52.1 cm³/mol. The van der Waals surface area contributed by atoms with Crippen molar-refractivity contribution in [2.75, 3.05) is 7.11 Å². The Morgan fingerprint density at radius 2 is 2.43 bits per heavy atom. The van der Waals surface area contributed by atoms with E-state index in [1.807, 2.05) is 0 Å². The Labute approximate surface area is 87.0 Å². The first-order valence-corrected chi connectivity index (χ1v) is 4.86. The van der Waals surface area contributed by atoms with Gasteiger partial charge in [-0.3, -0.25) is 4.79 Å². The summed E-state index contributed by atoms with van der Waals surface area (Å²) in [6.07, 6.45) is 4.76. The van der Waals surface area contributed by atoms with E-state index in [1.54, 1.807) is 12.2 Å². The summed E-state index contributed by atoms with van der Waals surface area (Å²) in [5.41, 5.74) is -0.875. The van der Waals surface area contributed by atoms with Gasteiger partial charge in [0.1, 0.15) is 10.6 Å². The van der Waals surface area contributed by atoms with Crippen LogP contribution in [-0.4, -0.2) is 23.6 Å². The first-order valence-electron chi connectivity index (χ1n) is 4.48. The zero-order valence-corrected chi connectivity index (χ0v) is 8.54. The monoisotopic (exact) mass is 214 g/mol. The van der Waals surface area contributed by atoms with Crippen molar-refractivity contribution >= 4 is 17.4 Å². The Morgan fingerprint density at radius 1 is 1.71 bits per heavy atom. The fourth-order valence-corrected chi connectivity index (χ4v) is 2.27. The van der Waals surface area contributed by atoms with E-state index in [4.69, 9.17) is 16.3 Å². The molecule has 1 N–H and O–H groups in total. The second-order valence-electron chi connectivity index (χ2n) is 3.62. The zero-order valence-electron chi connectivity index (χ0n) is 7.79. The van der Waals surface area contributed by atoms with Crippen molar-refractivity contribution in [3.8, 4) is 0 Å². The molecule has 0 aromatic rings. The largest absolute Gasteiger partial charge is 0.507 e. The molecule has 3 rings (SSSR count). The number of methoxy groups -OCH3 is 1. The van der Waals surface area contributed by atoms with Crippen LogP contribution in [0.2, 0.25) is 0 Å². The number of aliphatic hydroxyl groups excluding tert-OH is 1.